The molecule has 2 fully saturated rings. The highest BCUT2D eigenvalue weighted by molar-refractivity contribution is 7.09. The van der Waals surface area contributed by atoms with E-state index in [1.54, 1.807) is 30.2 Å². The number of nitrogens with zero attached hydrogens (tertiary/aromatic N) is 1. The van der Waals surface area contributed by atoms with Crippen LogP contribution in [0.1, 0.15) is 76.8 Å². The van der Waals surface area contributed by atoms with Crippen LogP contribution >= 0.6 is 11.3 Å². The molecule has 2 saturated carbocycles. The van der Waals surface area contributed by atoms with Gasteiger partial charge < -0.3 is 14.6 Å². The van der Waals surface area contributed by atoms with Gasteiger partial charge in [0.1, 0.15) is 17.9 Å². The standard InChI is InChI=1S/C27H39NO3S/c1-17(24(29)25-28-13-14-32-25)21-7-8-22-20-6-5-18-15-19(31-16-30-4)9-11-26(18,2)23(20)10-12-27(21,22)3/h5,7,13-14,17,19-20,22-24,29H,6,8-12,15-16H2,1-4H3/t17-,19-,20-,22-,23-,24-,26-,27+/m0/s1. The Hall–Kier alpha value is -1.01. The van der Waals surface area contributed by atoms with Crippen molar-refractivity contribution in [2.24, 2.45) is 34.5 Å². The number of hydrogen-bond acceptors (Lipinski definition) is 5. The van der Waals surface area contributed by atoms with Gasteiger partial charge >= 0.3 is 0 Å². The average Bonchev–Trinajstić information content (AvgIpc) is 3.44. The lowest BCUT2D eigenvalue weighted by Gasteiger charge is -2.58. The molecule has 4 aliphatic carbocycles. The van der Waals surface area contributed by atoms with Gasteiger partial charge in [-0.2, -0.15) is 0 Å². The van der Waals surface area contributed by atoms with Gasteiger partial charge in [-0.1, -0.05) is 44.1 Å². The summed E-state index contributed by atoms with van der Waals surface area (Å²) in [5.74, 6) is 2.35. The molecular weight excluding hydrogens is 418 g/mol. The fraction of sp³-hybridized carbons (Fsp3) is 0.741. The monoisotopic (exact) mass is 457 g/mol. The molecule has 32 heavy (non-hydrogen) atoms. The van der Waals surface area contributed by atoms with E-state index in [4.69, 9.17) is 9.47 Å². The molecule has 0 unspecified atom stereocenters. The van der Waals surface area contributed by atoms with Crippen molar-refractivity contribution < 1.29 is 14.6 Å². The van der Waals surface area contributed by atoms with Crippen LogP contribution in [0.2, 0.25) is 0 Å². The summed E-state index contributed by atoms with van der Waals surface area (Å²) in [4.78, 5) is 4.40. The SMILES string of the molecule is COCO[C@H]1CC[C@@]2(C)C(=CC[C@@H]3[C@@H]2CC[C@]2(C)C([C@H](C)[C@H](O)c4nccs4)=CC[C@@H]32)C1. The zero-order valence-corrected chi connectivity index (χ0v) is 20.9. The molecule has 176 valence electrons. The van der Waals surface area contributed by atoms with E-state index >= 15 is 0 Å². The first-order valence-electron chi connectivity index (χ1n) is 12.5. The summed E-state index contributed by atoms with van der Waals surface area (Å²) in [6, 6.07) is 0. The molecule has 0 aromatic carbocycles. The van der Waals surface area contributed by atoms with E-state index in [1.807, 2.05) is 5.38 Å². The predicted molar refractivity (Wildman–Crippen MR) is 128 cm³/mol. The highest BCUT2D eigenvalue weighted by atomic mass is 32.1. The van der Waals surface area contributed by atoms with Crippen molar-refractivity contribution in [3.8, 4) is 0 Å². The number of rotatable bonds is 6. The maximum Gasteiger partial charge on any atom is 0.146 e. The second-order valence-corrected chi connectivity index (χ2v) is 12.1. The smallest absolute Gasteiger partial charge is 0.146 e. The molecule has 0 saturated heterocycles. The fourth-order valence-corrected chi connectivity index (χ4v) is 8.73. The molecule has 1 aromatic heterocycles. The second kappa shape index (κ2) is 8.65. The van der Waals surface area contributed by atoms with E-state index in [-0.39, 0.29) is 11.3 Å². The molecule has 4 nitrogen and oxygen atoms in total. The van der Waals surface area contributed by atoms with Crippen molar-refractivity contribution in [1.82, 2.24) is 4.98 Å². The van der Waals surface area contributed by atoms with E-state index in [1.165, 1.54) is 37.7 Å². The molecule has 5 heteroatoms. The van der Waals surface area contributed by atoms with E-state index in [0.29, 0.717) is 24.2 Å². The first-order chi connectivity index (χ1) is 15.4. The van der Waals surface area contributed by atoms with Crippen molar-refractivity contribution in [1.29, 1.82) is 0 Å². The van der Waals surface area contributed by atoms with Crippen LogP contribution in [-0.4, -0.2) is 30.1 Å². The Labute approximate surface area is 197 Å². The quantitative estimate of drug-likeness (QED) is 0.402. The molecule has 8 atom stereocenters. The largest absolute Gasteiger partial charge is 0.385 e. The summed E-state index contributed by atoms with van der Waals surface area (Å²) in [7, 11) is 1.71. The molecule has 0 amide bonds. The molecule has 1 aromatic rings. The maximum absolute atomic E-state index is 11.0. The van der Waals surface area contributed by atoms with Gasteiger partial charge in [0.2, 0.25) is 0 Å². The number of methoxy groups -OCH3 is 1. The van der Waals surface area contributed by atoms with Crippen molar-refractivity contribution in [2.75, 3.05) is 13.9 Å². The summed E-state index contributed by atoms with van der Waals surface area (Å²) < 4.78 is 11.1. The lowest BCUT2D eigenvalue weighted by atomic mass is 9.47. The minimum atomic E-state index is -0.493. The predicted octanol–water partition coefficient (Wildman–Crippen LogP) is 6.30. The van der Waals surface area contributed by atoms with Gasteiger partial charge in [0.15, 0.2) is 0 Å². The van der Waals surface area contributed by atoms with Crippen LogP contribution in [0.25, 0.3) is 0 Å². The number of fused-ring (bicyclic) bond motifs is 5. The fourth-order valence-electron chi connectivity index (χ4n) is 8.00. The first-order valence-corrected chi connectivity index (χ1v) is 13.3. The number of allylic oxidation sites excluding steroid dienone is 2. The van der Waals surface area contributed by atoms with Gasteiger partial charge in [0, 0.05) is 24.6 Å². The third-order valence-electron chi connectivity index (χ3n) is 9.79. The molecule has 5 rings (SSSR count). The van der Waals surface area contributed by atoms with Gasteiger partial charge in [0.25, 0.3) is 0 Å². The highest BCUT2D eigenvalue weighted by Crippen LogP contribution is 2.66. The molecule has 0 aliphatic heterocycles. The minimum absolute atomic E-state index is 0.131. The topological polar surface area (TPSA) is 51.6 Å². The Balaban J connectivity index is 1.34. The van der Waals surface area contributed by atoms with Crippen molar-refractivity contribution >= 4 is 11.3 Å². The summed E-state index contributed by atoms with van der Waals surface area (Å²) in [5.41, 5.74) is 3.67. The van der Waals surface area contributed by atoms with Crippen LogP contribution in [0.5, 0.6) is 0 Å². The Morgan fingerprint density at radius 1 is 1.16 bits per heavy atom. The van der Waals surface area contributed by atoms with Gasteiger partial charge in [-0.3, -0.25) is 0 Å². The van der Waals surface area contributed by atoms with Gasteiger partial charge in [-0.05, 0) is 73.5 Å². The molecule has 0 bridgehead atoms. The number of aliphatic hydroxyl groups excluding tert-OH is 1. The van der Waals surface area contributed by atoms with Crippen LogP contribution in [0.4, 0.5) is 0 Å². The number of ether oxygens (including phenoxy) is 2. The van der Waals surface area contributed by atoms with Gasteiger partial charge in [0.05, 0.1) is 6.10 Å². The molecule has 4 aliphatic rings. The molecule has 1 heterocycles. The Kier molecular flexibility index (Phi) is 6.15. The van der Waals surface area contributed by atoms with Crippen LogP contribution in [0.3, 0.4) is 0 Å². The van der Waals surface area contributed by atoms with Crippen LogP contribution in [0.15, 0.2) is 34.9 Å². The number of hydrogen-bond donors (Lipinski definition) is 1. The lowest BCUT2D eigenvalue weighted by molar-refractivity contribution is -0.0949. The first kappa shape index (κ1) is 22.8. The van der Waals surface area contributed by atoms with E-state index < -0.39 is 6.10 Å². The molecular formula is C27H39NO3S. The Morgan fingerprint density at radius 2 is 1.97 bits per heavy atom. The summed E-state index contributed by atoms with van der Waals surface area (Å²) in [5, 5.41) is 13.8. The third kappa shape index (κ3) is 3.55. The number of thiazole rings is 1. The Bertz CT molecular complexity index is 879. The van der Waals surface area contributed by atoms with Crippen molar-refractivity contribution in [3.05, 3.63) is 39.9 Å². The van der Waals surface area contributed by atoms with E-state index in [9.17, 15) is 5.11 Å². The molecule has 1 N–H and O–H groups in total. The van der Waals surface area contributed by atoms with Gasteiger partial charge in [-0.25, -0.2) is 4.98 Å². The number of aromatic nitrogens is 1. The lowest BCUT2D eigenvalue weighted by Crippen LogP contribution is -2.50. The molecule has 0 radical (unpaired) electrons. The highest BCUT2D eigenvalue weighted by Gasteiger charge is 2.57. The van der Waals surface area contributed by atoms with Crippen molar-refractivity contribution in [2.45, 2.75) is 77.9 Å². The number of aliphatic hydroxyl groups is 1. The maximum atomic E-state index is 11.0. The zero-order chi connectivity index (χ0) is 22.5. The summed E-state index contributed by atoms with van der Waals surface area (Å²) in [6.45, 7) is 7.65. The summed E-state index contributed by atoms with van der Waals surface area (Å²) >= 11 is 1.57. The van der Waals surface area contributed by atoms with Gasteiger partial charge in [-0.15, -0.1) is 11.3 Å². The Morgan fingerprint density at radius 3 is 2.72 bits per heavy atom. The summed E-state index contributed by atoms with van der Waals surface area (Å²) in [6.07, 6.45) is 15.1. The van der Waals surface area contributed by atoms with Crippen molar-refractivity contribution in [3.63, 3.8) is 0 Å². The van der Waals surface area contributed by atoms with E-state index in [2.05, 4.69) is 37.9 Å². The van der Waals surface area contributed by atoms with E-state index in [0.717, 1.165) is 29.7 Å². The normalized spacial score (nSPS) is 40.5. The third-order valence-corrected chi connectivity index (χ3v) is 10.6. The second-order valence-electron chi connectivity index (χ2n) is 11.2. The zero-order valence-electron chi connectivity index (χ0n) is 20.0. The van der Waals surface area contributed by atoms with Crippen LogP contribution < -0.4 is 0 Å². The van der Waals surface area contributed by atoms with Crippen LogP contribution in [0, 0.1) is 34.5 Å². The van der Waals surface area contributed by atoms with Crippen LogP contribution in [-0.2, 0) is 9.47 Å². The average molecular weight is 458 g/mol. The minimum Gasteiger partial charge on any atom is -0.385 e. The molecule has 0 spiro atoms.